The Bertz CT molecular complexity index is 118. The number of hydrogen-bond donors (Lipinski definition) is 2. The molecule has 1 aliphatic heterocycles. The third-order valence-electron chi connectivity index (χ3n) is 1.36. The molecule has 1 fully saturated rings. The van der Waals surface area contributed by atoms with Gasteiger partial charge in [-0.25, -0.2) is 0 Å². The minimum absolute atomic E-state index is 0. The lowest BCUT2D eigenvalue weighted by Gasteiger charge is -2.04. The SMILES string of the molecule is CC1CNC(=N)CCS1.Cl. The van der Waals surface area contributed by atoms with Crippen molar-refractivity contribution in [2.24, 2.45) is 0 Å². The van der Waals surface area contributed by atoms with E-state index in [-0.39, 0.29) is 12.4 Å². The average Bonchev–Trinajstić information content (AvgIpc) is 1.97. The second-order valence-corrected chi connectivity index (χ2v) is 3.84. The highest BCUT2D eigenvalue weighted by Crippen LogP contribution is 2.13. The van der Waals surface area contributed by atoms with E-state index < -0.39 is 0 Å². The molecule has 0 aromatic rings. The number of hydrogen-bond acceptors (Lipinski definition) is 2. The Labute approximate surface area is 72.1 Å². The minimum Gasteiger partial charge on any atom is -0.373 e. The summed E-state index contributed by atoms with van der Waals surface area (Å²) in [5.74, 6) is 1.80. The smallest absolute Gasteiger partial charge is 0.0940 e. The molecule has 60 valence electrons. The molecule has 4 heteroatoms. The molecule has 0 amide bonds. The first-order chi connectivity index (χ1) is 4.29. The molecule has 0 bridgehead atoms. The highest BCUT2D eigenvalue weighted by Gasteiger charge is 2.08. The van der Waals surface area contributed by atoms with Crippen molar-refractivity contribution < 1.29 is 0 Å². The molecule has 2 N–H and O–H groups in total. The lowest BCUT2D eigenvalue weighted by atomic mass is 10.4. The first-order valence-electron chi connectivity index (χ1n) is 3.22. The number of thioether (sulfide) groups is 1. The first-order valence-corrected chi connectivity index (χ1v) is 4.27. The Morgan fingerprint density at radius 3 is 3.10 bits per heavy atom. The maximum atomic E-state index is 7.29. The topological polar surface area (TPSA) is 35.9 Å². The van der Waals surface area contributed by atoms with E-state index in [0.29, 0.717) is 11.1 Å². The van der Waals surface area contributed by atoms with E-state index in [2.05, 4.69) is 12.2 Å². The van der Waals surface area contributed by atoms with Gasteiger partial charge in [-0.15, -0.1) is 12.4 Å². The summed E-state index contributed by atoms with van der Waals surface area (Å²) in [6, 6.07) is 0. The Hall–Kier alpha value is 0.110. The monoisotopic (exact) mass is 180 g/mol. The zero-order valence-corrected chi connectivity index (χ0v) is 7.65. The molecule has 1 saturated heterocycles. The van der Waals surface area contributed by atoms with Crippen LogP contribution in [0.5, 0.6) is 0 Å². The Morgan fingerprint density at radius 2 is 2.40 bits per heavy atom. The number of rotatable bonds is 0. The summed E-state index contributed by atoms with van der Waals surface area (Å²) >= 11 is 1.94. The second kappa shape index (κ2) is 4.85. The van der Waals surface area contributed by atoms with Gasteiger partial charge in [-0.05, 0) is 0 Å². The van der Waals surface area contributed by atoms with Gasteiger partial charge in [0.2, 0.25) is 0 Å². The third-order valence-corrected chi connectivity index (χ3v) is 2.53. The van der Waals surface area contributed by atoms with Gasteiger partial charge < -0.3 is 5.32 Å². The van der Waals surface area contributed by atoms with Crippen LogP contribution in [0.4, 0.5) is 0 Å². The van der Waals surface area contributed by atoms with Crippen LogP contribution in [0.3, 0.4) is 0 Å². The summed E-state index contributed by atoms with van der Waals surface area (Å²) in [5, 5.41) is 11.0. The Morgan fingerprint density at radius 1 is 1.70 bits per heavy atom. The summed E-state index contributed by atoms with van der Waals surface area (Å²) < 4.78 is 0. The van der Waals surface area contributed by atoms with Gasteiger partial charge in [-0.3, -0.25) is 5.41 Å². The van der Waals surface area contributed by atoms with E-state index in [1.165, 1.54) is 0 Å². The highest BCUT2D eigenvalue weighted by molar-refractivity contribution is 7.99. The number of halogens is 1. The van der Waals surface area contributed by atoms with Crippen LogP contribution in [0.1, 0.15) is 13.3 Å². The summed E-state index contributed by atoms with van der Waals surface area (Å²) in [5.41, 5.74) is 0. The van der Waals surface area contributed by atoms with Crippen molar-refractivity contribution in [1.29, 1.82) is 5.41 Å². The number of amidine groups is 1. The highest BCUT2D eigenvalue weighted by atomic mass is 35.5. The van der Waals surface area contributed by atoms with Crippen molar-refractivity contribution in [2.45, 2.75) is 18.6 Å². The van der Waals surface area contributed by atoms with Crippen LogP contribution in [0.15, 0.2) is 0 Å². The predicted molar refractivity (Wildman–Crippen MR) is 49.5 cm³/mol. The fourth-order valence-corrected chi connectivity index (χ4v) is 1.70. The minimum atomic E-state index is 0. The maximum absolute atomic E-state index is 7.29. The Kier molecular flexibility index (Phi) is 4.91. The molecule has 0 spiro atoms. The largest absolute Gasteiger partial charge is 0.373 e. The fraction of sp³-hybridized carbons (Fsp3) is 0.833. The second-order valence-electron chi connectivity index (χ2n) is 2.29. The molecule has 1 heterocycles. The molecule has 0 radical (unpaired) electrons. The summed E-state index contributed by atoms with van der Waals surface area (Å²) in [6.45, 7) is 3.15. The van der Waals surface area contributed by atoms with Crippen LogP contribution in [0, 0.1) is 5.41 Å². The van der Waals surface area contributed by atoms with E-state index in [9.17, 15) is 0 Å². The van der Waals surface area contributed by atoms with Crippen LogP contribution in [-0.2, 0) is 0 Å². The molecule has 2 nitrogen and oxygen atoms in total. The summed E-state index contributed by atoms with van der Waals surface area (Å²) in [4.78, 5) is 0. The first kappa shape index (κ1) is 10.1. The van der Waals surface area contributed by atoms with Crippen molar-refractivity contribution in [2.75, 3.05) is 12.3 Å². The van der Waals surface area contributed by atoms with Crippen LogP contribution in [-0.4, -0.2) is 23.4 Å². The molecular weight excluding hydrogens is 168 g/mol. The van der Waals surface area contributed by atoms with Gasteiger partial charge in [0.1, 0.15) is 0 Å². The molecule has 1 atom stereocenters. The predicted octanol–water partition coefficient (Wildman–Crippen LogP) is 1.50. The molecule has 0 aromatic heterocycles. The van der Waals surface area contributed by atoms with Crippen molar-refractivity contribution in [3.8, 4) is 0 Å². The van der Waals surface area contributed by atoms with Crippen molar-refractivity contribution in [1.82, 2.24) is 5.32 Å². The standard InChI is InChI=1S/C6H12N2S.ClH/c1-5-4-8-6(7)2-3-9-5;/h5H,2-4H2,1H3,(H2,7,8);1H. The summed E-state index contributed by atoms with van der Waals surface area (Å²) in [7, 11) is 0. The van der Waals surface area contributed by atoms with E-state index in [1.54, 1.807) is 0 Å². The average molecular weight is 181 g/mol. The van der Waals surface area contributed by atoms with Crippen LogP contribution in [0.2, 0.25) is 0 Å². The molecule has 0 saturated carbocycles. The molecule has 10 heavy (non-hydrogen) atoms. The molecule has 0 aromatic carbocycles. The van der Waals surface area contributed by atoms with E-state index in [1.807, 2.05) is 11.8 Å². The van der Waals surface area contributed by atoms with E-state index in [0.717, 1.165) is 18.7 Å². The fourth-order valence-electron chi connectivity index (χ4n) is 0.776. The lowest BCUT2D eigenvalue weighted by molar-refractivity contribution is 0.851. The van der Waals surface area contributed by atoms with Crippen LogP contribution in [0.25, 0.3) is 0 Å². The van der Waals surface area contributed by atoms with Gasteiger partial charge >= 0.3 is 0 Å². The van der Waals surface area contributed by atoms with Gasteiger partial charge in [0.15, 0.2) is 0 Å². The van der Waals surface area contributed by atoms with Gasteiger partial charge in [-0.2, -0.15) is 11.8 Å². The molecule has 0 aliphatic carbocycles. The summed E-state index contributed by atoms with van der Waals surface area (Å²) in [6.07, 6.45) is 0.912. The van der Waals surface area contributed by atoms with E-state index >= 15 is 0 Å². The van der Waals surface area contributed by atoms with Crippen molar-refractivity contribution >= 4 is 30.0 Å². The van der Waals surface area contributed by atoms with E-state index in [4.69, 9.17) is 5.41 Å². The normalized spacial score (nSPS) is 26.1. The third kappa shape index (κ3) is 3.32. The van der Waals surface area contributed by atoms with Gasteiger partial charge in [0.05, 0.1) is 5.84 Å². The van der Waals surface area contributed by atoms with Crippen molar-refractivity contribution in [3.63, 3.8) is 0 Å². The van der Waals surface area contributed by atoms with Gasteiger partial charge in [0.25, 0.3) is 0 Å². The molecule has 1 aliphatic rings. The Balaban J connectivity index is 0.000000810. The van der Waals surface area contributed by atoms with Crippen LogP contribution < -0.4 is 5.32 Å². The number of nitrogens with one attached hydrogen (secondary N) is 2. The zero-order valence-electron chi connectivity index (χ0n) is 6.02. The molecular formula is C6H13ClN2S. The van der Waals surface area contributed by atoms with Gasteiger partial charge in [-0.1, -0.05) is 6.92 Å². The van der Waals surface area contributed by atoms with Crippen LogP contribution >= 0.6 is 24.2 Å². The lowest BCUT2D eigenvalue weighted by Crippen LogP contribution is -2.25. The quantitative estimate of drug-likeness (QED) is 0.593. The van der Waals surface area contributed by atoms with Gasteiger partial charge in [0, 0.05) is 24.0 Å². The zero-order chi connectivity index (χ0) is 6.69. The maximum Gasteiger partial charge on any atom is 0.0940 e. The molecule has 1 unspecified atom stereocenters. The molecule has 1 rings (SSSR count). The van der Waals surface area contributed by atoms with Crippen molar-refractivity contribution in [3.05, 3.63) is 0 Å².